The van der Waals surface area contributed by atoms with Crippen molar-refractivity contribution < 1.29 is 4.42 Å². The summed E-state index contributed by atoms with van der Waals surface area (Å²) in [6.07, 6.45) is 1.66. The van der Waals surface area contributed by atoms with E-state index in [-0.39, 0.29) is 0 Å². The van der Waals surface area contributed by atoms with E-state index in [9.17, 15) is 0 Å². The molecular weight excluding hydrogens is 190 g/mol. The highest BCUT2D eigenvalue weighted by Crippen LogP contribution is 2.23. The number of fused-ring (bicyclic) bond motifs is 1. The van der Waals surface area contributed by atoms with E-state index in [0.717, 1.165) is 22.4 Å². The molecule has 0 aliphatic rings. The Labute approximate surface area is 86.1 Å². The minimum atomic E-state index is 0.850. The molecule has 0 unspecified atom stereocenters. The molecule has 0 bridgehead atoms. The highest BCUT2D eigenvalue weighted by Gasteiger charge is 2.05. The van der Waals surface area contributed by atoms with Crippen LogP contribution in [0.2, 0.25) is 0 Å². The lowest BCUT2D eigenvalue weighted by Gasteiger charge is -1.96. The second-order valence-corrected chi connectivity index (χ2v) is 3.39. The van der Waals surface area contributed by atoms with E-state index < -0.39 is 0 Å². The smallest absolute Gasteiger partial charge is 0.133 e. The molecule has 0 aliphatic carbocycles. The van der Waals surface area contributed by atoms with Crippen molar-refractivity contribution in [3.05, 3.63) is 36.6 Å². The molecule has 0 saturated carbocycles. The number of aromatic nitrogens is 3. The third-order valence-electron chi connectivity index (χ3n) is 2.42. The van der Waals surface area contributed by atoms with Crippen LogP contribution in [-0.4, -0.2) is 15.0 Å². The summed E-state index contributed by atoms with van der Waals surface area (Å²) in [5.74, 6) is 0.850. The third kappa shape index (κ3) is 1.22. The number of benzene rings is 1. The maximum Gasteiger partial charge on any atom is 0.133 e. The molecular formula is C11H9N3O. The summed E-state index contributed by atoms with van der Waals surface area (Å²) < 4.78 is 7.07. The Hall–Kier alpha value is -2.10. The van der Waals surface area contributed by atoms with Crippen LogP contribution in [0, 0.1) is 0 Å². The van der Waals surface area contributed by atoms with Gasteiger partial charge in [-0.3, -0.25) is 0 Å². The van der Waals surface area contributed by atoms with E-state index in [2.05, 4.69) is 10.3 Å². The second kappa shape index (κ2) is 2.95. The van der Waals surface area contributed by atoms with Gasteiger partial charge in [0.25, 0.3) is 0 Å². The molecule has 0 aliphatic heterocycles. The van der Waals surface area contributed by atoms with Crippen molar-refractivity contribution in [2.24, 2.45) is 7.05 Å². The average Bonchev–Trinajstić information content (AvgIpc) is 2.88. The molecule has 0 radical (unpaired) electrons. The molecule has 4 heteroatoms. The largest absolute Gasteiger partial charge is 0.464 e. The molecule has 0 fully saturated rings. The van der Waals surface area contributed by atoms with E-state index in [1.165, 1.54) is 0 Å². The first-order chi connectivity index (χ1) is 7.34. The van der Waals surface area contributed by atoms with Crippen LogP contribution in [0.1, 0.15) is 0 Å². The van der Waals surface area contributed by atoms with Crippen LogP contribution >= 0.6 is 0 Å². The van der Waals surface area contributed by atoms with Crippen molar-refractivity contribution in [3.63, 3.8) is 0 Å². The van der Waals surface area contributed by atoms with Crippen molar-refractivity contribution in [2.75, 3.05) is 0 Å². The number of hydrogen-bond acceptors (Lipinski definition) is 3. The molecule has 2 heterocycles. The van der Waals surface area contributed by atoms with Crippen molar-refractivity contribution in [2.45, 2.75) is 0 Å². The Morgan fingerprint density at radius 1 is 1.27 bits per heavy atom. The molecule has 74 valence electrons. The van der Waals surface area contributed by atoms with E-state index in [1.807, 2.05) is 37.4 Å². The molecule has 0 atom stereocenters. The van der Waals surface area contributed by atoms with Crippen LogP contribution in [0.5, 0.6) is 0 Å². The topological polar surface area (TPSA) is 43.9 Å². The van der Waals surface area contributed by atoms with Gasteiger partial charge in [0.1, 0.15) is 11.3 Å². The number of hydrogen-bond donors (Lipinski definition) is 0. The zero-order valence-corrected chi connectivity index (χ0v) is 8.21. The fourth-order valence-corrected chi connectivity index (χ4v) is 1.64. The molecule has 4 nitrogen and oxygen atoms in total. The Morgan fingerprint density at radius 2 is 2.20 bits per heavy atom. The lowest BCUT2D eigenvalue weighted by molar-refractivity contribution is 0.582. The van der Waals surface area contributed by atoms with Crippen molar-refractivity contribution >= 4 is 11.0 Å². The lowest BCUT2D eigenvalue weighted by Crippen LogP contribution is -1.88. The molecule has 2 aromatic heterocycles. The van der Waals surface area contributed by atoms with Crippen LogP contribution < -0.4 is 0 Å². The van der Waals surface area contributed by atoms with Crippen molar-refractivity contribution in [1.82, 2.24) is 15.0 Å². The monoisotopic (exact) mass is 199 g/mol. The van der Waals surface area contributed by atoms with Gasteiger partial charge in [0.15, 0.2) is 0 Å². The molecule has 1 aromatic carbocycles. The lowest BCUT2D eigenvalue weighted by atomic mass is 10.1. The summed E-state index contributed by atoms with van der Waals surface area (Å²) in [4.78, 5) is 0. The predicted octanol–water partition coefficient (Wildman–Crippen LogP) is 2.23. The SMILES string of the molecule is Cn1nnc2cc(-c3ccco3)ccc21. The molecule has 3 rings (SSSR count). The number of rotatable bonds is 1. The van der Waals surface area contributed by atoms with Crippen LogP contribution in [-0.2, 0) is 7.05 Å². The Bertz CT molecular complexity index is 595. The van der Waals surface area contributed by atoms with Gasteiger partial charge in [0.05, 0.1) is 11.8 Å². The maximum atomic E-state index is 5.32. The van der Waals surface area contributed by atoms with E-state index in [0.29, 0.717) is 0 Å². The summed E-state index contributed by atoms with van der Waals surface area (Å²) >= 11 is 0. The minimum Gasteiger partial charge on any atom is -0.464 e. The van der Waals surface area contributed by atoms with E-state index in [1.54, 1.807) is 10.9 Å². The zero-order valence-electron chi connectivity index (χ0n) is 8.21. The molecule has 0 spiro atoms. The van der Waals surface area contributed by atoms with E-state index in [4.69, 9.17) is 4.42 Å². The van der Waals surface area contributed by atoms with Crippen LogP contribution in [0.25, 0.3) is 22.4 Å². The Kier molecular flexibility index (Phi) is 1.62. The first-order valence-corrected chi connectivity index (χ1v) is 4.68. The first kappa shape index (κ1) is 8.23. The zero-order chi connectivity index (χ0) is 10.3. The van der Waals surface area contributed by atoms with E-state index >= 15 is 0 Å². The van der Waals surface area contributed by atoms with Crippen LogP contribution in [0.3, 0.4) is 0 Å². The Morgan fingerprint density at radius 3 is 3.00 bits per heavy atom. The second-order valence-electron chi connectivity index (χ2n) is 3.39. The van der Waals surface area contributed by atoms with Gasteiger partial charge in [0.2, 0.25) is 0 Å². The fraction of sp³-hybridized carbons (Fsp3) is 0.0909. The molecule has 15 heavy (non-hydrogen) atoms. The fourth-order valence-electron chi connectivity index (χ4n) is 1.64. The van der Waals surface area contributed by atoms with Gasteiger partial charge in [-0.25, -0.2) is 4.68 Å². The van der Waals surface area contributed by atoms with Gasteiger partial charge < -0.3 is 4.42 Å². The highest BCUT2D eigenvalue weighted by molar-refractivity contribution is 5.80. The van der Waals surface area contributed by atoms with Crippen molar-refractivity contribution in [3.8, 4) is 11.3 Å². The summed E-state index contributed by atoms with van der Waals surface area (Å²) in [6.45, 7) is 0. The number of nitrogens with zero attached hydrogens (tertiary/aromatic N) is 3. The first-order valence-electron chi connectivity index (χ1n) is 4.68. The minimum absolute atomic E-state index is 0.850. The molecule has 0 N–H and O–H groups in total. The average molecular weight is 199 g/mol. The third-order valence-corrected chi connectivity index (χ3v) is 2.42. The normalized spacial score (nSPS) is 11.0. The quantitative estimate of drug-likeness (QED) is 0.603. The van der Waals surface area contributed by atoms with Gasteiger partial charge in [-0.05, 0) is 30.3 Å². The predicted molar refractivity (Wildman–Crippen MR) is 56.2 cm³/mol. The van der Waals surface area contributed by atoms with Gasteiger partial charge in [0, 0.05) is 12.6 Å². The standard InChI is InChI=1S/C11H9N3O/c1-14-10-5-4-8(7-9(10)12-13-14)11-3-2-6-15-11/h2-7H,1H3. The summed E-state index contributed by atoms with van der Waals surface area (Å²) in [5.41, 5.74) is 2.92. The van der Waals surface area contributed by atoms with Crippen LogP contribution in [0.4, 0.5) is 0 Å². The highest BCUT2D eigenvalue weighted by atomic mass is 16.3. The van der Waals surface area contributed by atoms with Gasteiger partial charge >= 0.3 is 0 Å². The van der Waals surface area contributed by atoms with Gasteiger partial charge in [-0.2, -0.15) is 0 Å². The summed E-state index contributed by atoms with van der Waals surface area (Å²) in [5, 5.41) is 8.01. The number of aryl methyl sites for hydroxylation is 1. The summed E-state index contributed by atoms with van der Waals surface area (Å²) in [6, 6.07) is 9.77. The molecule has 0 amide bonds. The molecule has 0 saturated heterocycles. The van der Waals surface area contributed by atoms with Crippen molar-refractivity contribution in [1.29, 1.82) is 0 Å². The maximum absolute atomic E-state index is 5.32. The summed E-state index contributed by atoms with van der Waals surface area (Å²) in [7, 11) is 1.88. The Balaban J connectivity index is 2.23. The van der Waals surface area contributed by atoms with Gasteiger partial charge in [-0.1, -0.05) is 5.21 Å². The molecule has 3 aromatic rings. The van der Waals surface area contributed by atoms with Gasteiger partial charge in [-0.15, -0.1) is 5.10 Å². The van der Waals surface area contributed by atoms with Crippen LogP contribution in [0.15, 0.2) is 41.0 Å². The number of furan rings is 1.